The average molecular weight is 682 g/mol. The lowest BCUT2D eigenvalue weighted by Gasteiger charge is -2.20. The maximum atomic E-state index is 10.4. The first-order chi connectivity index (χ1) is 22.3. The van der Waals surface area contributed by atoms with Crippen molar-refractivity contribution in [1.82, 2.24) is 19.8 Å². The van der Waals surface area contributed by atoms with Crippen LogP contribution in [0.5, 0.6) is 5.88 Å². The molecule has 2 fully saturated rings. The molecule has 2 atom stereocenters. The van der Waals surface area contributed by atoms with Gasteiger partial charge in [0.15, 0.2) is 0 Å². The fourth-order valence-corrected chi connectivity index (χ4v) is 6.78. The number of aliphatic hydroxyl groups is 2. The van der Waals surface area contributed by atoms with E-state index in [4.69, 9.17) is 37.7 Å². The summed E-state index contributed by atoms with van der Waals surface area (Å²) in [6.45, 7) is 11.5. The summed E-state index contributed by atoms with van der Waals surface area (Å²) in [7, 11) is 4.80. The largest absolute Gasteiger partial charge is 0.480 e. The van der Waals surface area contributed by atoms with Crippen LogP contribution in [0.15, 0.2) is 59.2 Å². The van der Waals surface area contributed by atoms with Gasteiger partial charge in [-0.2, -0.15) is 0 Å². The number of β-amino-alcohol motifs (C(OH)–C–C–N with tert-alkyl or cyclic N) is 2. The van der Waals surface area contributed by atoms with Gasteiger partial charge in [0, 0.05) is 68.6 Å². The van der Waals surface area contributed by atoms with Crippen molar-refractivity contribution in [3.8, 4) is 28.3 Å². The molecule has 1 aromatic heterocycles. The number of rotatable bonds is 10. The first-order valence-corrected chi connectivity index (χ1v) is 16.3. The predicted molar refractivity (Wildman–Crippen MR) is 189 cm³/mol. The molecule has 0 aliphatic carbocycles. The summed E-state index contributed by atoms with van der Waals surface area (Å²) in [6.07, 6.45) is 3.09. The van der Waals surface area contributed by atoms with Crippen LogP contribution in [0.2, 0.25) is 10.0 Å². The standard InChI is InChI=1S/C35H42Cl2N6O4/c1-22(40-32(46-5)28(38-4)18-42-15-13-34(2,44)20-42)23-9-7-10-24(30(23)36)25-11-8-12-26(31(25)37)27-17-39-29(33(41-27)47-6)19-43-16-14-35(3,45)21-43/h7-12,17,44-45H,1,13-16,18-21H2,2-6H3/t34-,35-/m0/s1. The highest BCUT2D eigenvalue weighted by Crippen LogP contribution is 2.41. The van der Waals surface area contributed by atoms with E-state index in [1.165, 1.54) is 0 Å². The first kappa shape index (κ1) is 34.9. The van der Waals surface area contributed by atoms with Crippen molar-refractivity contribution in [1.29, 1.82) is 0 Å². The van der Waals surface area contributed by atoms with Gasteiger partial charge in [0.25, 0.3) is 0 Å². The number of likely N-dealkylation sites (tertiary alicyclic amines) is 2. The Labute approximate surface area is 286 Å². The number of aromatic nitrogens is 2. The molecule has 5 rings (SSSR count). The van der Waals surface area contributed by atoms with Crippen LogP contribution < -0.4 is 4.74 Å². The highest BCUT2D eigenvalue weighted by Gasteiger charge is 2.33. The molecule has 0 amide bonds. The van der Waals surface area contributed by atoms with Crippen LogP contribution >= 0.6 is 23.2 Å². The van der Waals surface area contributed by atoms with Gasteiger partial charge in [-0.25, -0.2) is 9.98 Å². The molecular weight excluding hydrogens is 639 g/mol. The molecule has 12 heteroatoms. The van der Waals surface area contributed by atoms with Crippen LogP contribution in [0.3, 0.4) is 0 Å². The lowest BCUT2D eigenvalue weighted by atomic mass is 9.99. The minimum atomic E-state index is -0.723. The normalized spacial score (nSPS) is 22.6. The summed E-state index contributed by atoms with van der Waals surface area (Å²) >= 11 is 14.1. The van der Waals surface area contributed by atoms with Crippen molar-refractivity contribution in [2.75, 3.05) is 54.0 Å². The van der Waals surface area contributed by atoms with E-state index in [1.807, 2.05) is 50.2 Å². The van der Waals surface area contributed by atoms with Crippen molar-refractivity contribution in [3.05, 3.63) is 70.5 Å². The monoisotopic (exact) mass is 680 g/mol. The van der Waals surface area contributed by atoms with Gasteiger partial charge in [0.05, 0.1) is 53.1 Å². The van der Waals surface area contributed by atoms with E-state index in [1.54, 1.807) is 27.5 Å². The molecule has 2 aromatic carbocycles. The Bertz CT molecular complexity index is 1710. The lowest BCUT2D eigenvalue weighted by molar-refractivity contribution is 0.0675. The second-order valence-corrected chi connectivity index (χ2v) is 13.5. The van der Waals surface area contributed by atoms with Gasteiger partial charge in [-0.05, 0) is 26.7 Å². The SMILES string of the molecule is C=C(N=C(OC)C(CN1CC[C@](C)(O)C1)=NC)c1cccc(-c2cccc(-c3cnc(CN4CC[C@](C)(O)C4)c(OC)n3)c2Cl)c1Cl. The molecule has 3 aromatic rings. The Morgan fingerprint density at radius 3 is 2.17 bits per heavy atom. The first-order valence-electron chi connectivity index (χ1n) is 15.5. The lowest BCUT2D eigenvalue weighted by Crippen LogP contribution is -2.36. The molecule has 2 saturated heterocycles. The van der Waals surface area contributed by atoms with E-state index in [0.717, 1.165) is 13.1 Å². The van der Waals surface area contributed by atoms with Crippen molar-refractivity contribution in [3.63, 3.8) is 0 Å². The van der Waals surface area contributed by atoms with Gasteiger partial charge in [0.2, 0.25) is 11.8 Å². The van der Waals surface area contributed by atoms with Crippen molar-refractivity contribution < 1.29 is 19.7 Å². The summed E-state index contributed by atoms with van der Waals surface area (Å²) in [5, 5.41) is 21.6. The third-order valence-corrected chi connectivity index (χ3v) is 9.45. The maximum absolute atomic E-state index is 10.4. The molecule has 0 spiro atoms. The quantitative estimate of drug-likeness (QED) is 0.209. The zero-order valence-electron chi connectivity index (χ0n) is 27.6. The fourth-order valence-electron chi connectivity index (χ4n) is 6.12. The molecule has 0 unspecified atom stereocenters. The third-order valence-electron chi connectivity index (χ3n) is 8.63. The van der Waals surface area contributed by atoms with Crippen LogP contribution in [-0.2, 0) is 11.3 Å². The van der Waals surface area contributed by atoms with Gasteiger partial charge < -0.3 is 19.7 Å². The Hall–Kier alpha value is -3.38. The summed E-state index contributed by atoms with van der Waals surface area (Å²) in [6, 6.07) is 11.3. The van der Waals surface area contributed by atoms with Gasteiger partial charge in [-0.3, -0.25) is 19.8 Å². The maximum Gasteiger partial charge on any atom is 0.237 e. The second-order valence-electron chi connectivity index (χ2n) is 12.7. The van der Waals surface area contributed by atoms with Crippen molar-refractivity contribution >= 4 is 40.5 Å². The van der Waals surface area contributed by atoms with E-state index in [2.05, 4.69) is 31.3 Å². The molecule has 47 heavy (non-hydrogen) atoms. The van der Waals surface area contributed by atoms with Gasteiger partial charge >= 0.3 is 0 Å². The number of hydrogen-bond donors (Lipinski definition) is 2. The van der Waals surface area contributed by atoms with Crippen LogP contribution in [-0.4, -0.2) is 107 Å². The fraction of sp³-hybridized carbons (Fsp3) is 0.429. The number of methoxy groups -OCH3 is 2. The smallest absolute Gasteiger partial charge is 0.237 e. The molecule has 2 N–H and O–H groups in total. The van der Waals surface area contributed by atoms with Crippen LogP contribution in [0.25, 0.3) is 28.1 Å². The number of nitrogens with zero attached hydrogens (tertiary/aromatic N) is 6. The molecular formula is C35H42Cl2N6O4. The van der Waals surface area contributed by atoms with E-state index >= 15 is 0 Å². The molecule has 0 bridgehead atoms. The molecule has 250 valence electrons. The average Bonchev–Trinajstić information content (AvgIpc) is 3.57. The predicted octanol–water partition coefficient (Wildman–Crippen LogP) is 5.63. The van der Waals surface area contributed by atoms with Crippen LogP contribution in [0.1, 0.15) is 37.9 Å². The summed E-state index contributed by atoms with van der Waals surface area (Å²) in [4.78, 5) is 22.8. The molecule has 0 saturated carbocycles. The number of ether oxygens (including phenoxy) is 2. The second kappa shape index (κ2) is 14.4. The van der Waals surface area contributed by atoms with Gasteiger partial charge in [-0.15, -0.1) is 0 Å². The number of benzene rings is 2. The summed E-state index contributed by atoms with van der Waals surface area (Å²) < 4.78 is 11.3. The highest BCUT2D eigenvalue weighted by molar-refractivity contribution is 6.41. The van der Waals surface area contributed by atoms with E-state index in [9.17, 15) is 10.2 Å². The number of halogens is 2. The molecule has 0 radical (unpaired) electrons. The Kier molecular flexibility index (Phi) is 10.7. The van der Waals surface area contributed by atoms with Crippen LogP contribution in [0, 0.1) is 0 Å². The molecule has 2 aliphatic heterocycles. The summed E-state index contributed by atoms with van der Waals surface area (Å²) in [5.74, 6) is 0.736. The minimum Gasteiger partial charge on any atom is -0.480 e. The molecule has 10 nitrogen and oxygen atoms in total. The molecule has 3 heterocycles. The summed E-state index contributed by atoms with van der Waals surface area (Å²) in [5.41, 5.74) is 3.57. The molecule has 2 aliphatic rings. The van der Waals surface area contributed by atoms with Gasteiger partial charge in [0.1, 0.15) is 11.4 Å². The van der Waals surface area contributed by atoms with Crippen molar-refractivity contribution in [2.24, 2.45) is 9.98 Å². The topological polar surface area (TPSA) is 116 Å². The van der Waals surface area contributed by atoms with Gasteiger partial charge in [-0.1, -0.05) is 66.2 Å². The third kappa shape index (κ3) is 8.02. The highest BCUT2D eigenvalue weighted by atomic mass is 35.5. The zero-order valence-corrected chi connectivity index (χ0v) is 29.1. The Morgan fingerprint density at radius 1 is 0.957 bits per heavy atom. The number of hydrogen-bond acceptors (Lipinski definition) is 10. The minimum absolute atomic E-state index is 0.330. The number of aliphatic imine (C=N–C) groups is 2. The van der Waals surface area contributed by atoms with E-state index in [0.29, 0.717) is 106 Å². The van der Waals surface area contributed by atoms with E-state index in [-0.39, 0.29) is 0 Å². The Morgan fingerprint density at radius 2 is 1.57 bits per heavy atom. The zero-order chi connectivity index (χ0) is 33.9. The van der Waals surface area contributed by atoms with Crippen molar-refractivity contribution in [2.45, 2.75) is 44.4 Å². The Balaban J connectivity index is 1.41. The van der Waals surface area contributed by atoms with Crippen LogP contribution in [0.4, 0.5) is 0 Å². The van der Waals surface area contributed by atoms with E-state index < -0.39 is 11.2 Å².